The first-order valence-electron chi connectivity index (χ1n) is 18.3. The van der Waals surface area contributed by atoms with Crippen LogP contribution in [0.1, 0.15) is 90.4 Å². The van der Waals surface area contributed by atoms with Crippen molar-refractivity contribution in [3.05, 3.63) is 83.7 Å². The van der Waals surface area contributed by atoms with E-state index >= 15 is 0 Å². The average Bonchev–Trinajstić information content (AvgIpc) is 3.80. The summed E-state index contributed by atoms with van der Waals surface area (Å²) in [5.41, 5.74) is 12.8. The summed E-state index contributed by atoms with van der Waals surface area (Å²) in [7, 11) is 0. The highest BCUT2D eigenvalue weighted by Crippen LogP contribution is 2.41. The maximum absolute atomic E-state index is 14.8. The quantitative estimate of drug-likeness (QED) is 0.127. The largest absolute Gasteiger partial charge is 0.387 e. The van der Waals surface area contributed by atoms with Gasteiger partial charge >= 0.3 is 0 Å². The average molecular weight is 725 g/mol. The highest BCUT2D eigenvalue weighted by molar-refractivity contribution is 5.80. The van der Waals surface area contributed by atoms with Crippen LogP contribution in [-0.4, -0.2) is 70.6 Å². The summed E-state index contributed by atoms with van der Waals surface area (Å²) in [5.74, 6) is -1.83. The number of aliphatic hydroxyl groups excluding tert-OH is 1. The molecule has 1 aliphatic carbocycles. The number of nitrogens with one attached hydrogen (secondary N) is 2. The Morgan fingerprint density at radius 1 is 1.04 bits per heavy atom. The molecule has 1 aromatic heterocycles. The Labute approximate surface area is 307 Å². The second kappa shape index (κ2) is 20.2. The van der Waals surface area contributed by atoms with Gasteiger partial charge in [0.25, 0.3) is 0 Å². The van der Waals surface area contributed by atoms with Crippen molar-refractivity contribution in [2.24, 2.45) is 22.8 Å². The number of carbonyl (C=O) groups excluding carboxylic acids is 3. The van der Waals surface area contributed by atoms with Crippen molar-refractivity contribution in [1.29, 1.82) is 0 Å². The van der Waals surface area contributed by atoms with Crippen LogP contribution < -0.4 is 22.1 Å². The minimum Gasteiger partial charge on any atom is -0.387 e. The van der Waals surface area contributed by atoms with Crippen LogP contribution in [0.2, 0.25) is 0 Å². The molecule has 12 heteroatoms. The van der Waals surface area contributed by atoms with E-state index in [2.05, 4.69) is 24.5 Å². The number of hydrogen-bond donors (Lipinski definition) is 5. The van der Waals surface area contributed by atoms with Crippen LogP contribution in [-0.2, 0) is 20.9 Å². The smallest absolute Gasteiger partial charge is 0.248 e. The molecule has 7 N–H and O–H groups in total. The lowest BCUT2D eigenvalue weighted by molar-refractivity contribution is -0.140. The zero-order chi connectivity index (χ0) is 38.4. The second-order valence-corrected chi connectivity index (χ2v) is 14.7. The molecule has 3 unspecified atom stereocenters. The first kappa shape index (κ1) is 42.3. The molecule has 1 heterocycles. The fourth-order valence-corrected chi connectivity index (χ4v) is 6.50. The van der Waals surface area contributed by atoms with Crippen LogP contribution in [0.5, 0.6) is 0 Å². The Bertz CT molecular complexity index is 1590. The number of aromatic nitrogens is 1. The number of nitrogens with two attached hydrogens (primary N) is 2. The predicted molar refractivity (Wildman–Crippen MR) is 201 cm³/mol. The highest BCUT2D eigenvalue weighted by Gasteiger charge is 2.37. The Hall–Kier alpha value is -4.13. The number of halogens is 2. The van der Waals surface area contributed by atoms with E-state index in [9.17, 15) is 28.3 Å². The number of hydrogen-bond acceptors (Lipinski definition) is 6. The van der Waals surface area contributed by atoms with Gasteiger partial charge in [0, 0.05) is 61.2 Å². The summed E-state index contributed by atoms with van der Waals surface area (Å²) in [6.07, 6.45) is 7.59. The molecule has 1 fully saturated rings. The SMILES string of the molecule is CC(C)(C)C(c1cc(-c2cc(F)ccc2F)cn1Cc1ccccc1)N(CCC(N)C(N)=O)C(=O)CO.CCC(C)NCCNC(=O)C1CCCC1. The first-order valence-corrected chi connectivity index (χ1v) is 18.3. The van der Waals surface area contributed by atoms with Gasteiger partial charge in [-0.1, -0.05) is 70.9 Å². The molecule has 0 spiro atoms. The second-order valence-electron chi connectivity index (χ2n) is 14.7. The number of primary amides is 1. The molecule has 10 nitrogen and oxygen atoms in total. The van der Waals surface area contributed by atoms with Gasteiger partial charge in [0.1, 0.15) is 18.2 Å². The van der Waals surface area contributed by atoms with Crippen LogP contribution in [0, 0.1) is 23.0 Å². The van der Waals surface area contributed by atoms with Gasteiger partial charge < -0.3 is 36.7 Å². The minimum atomic E-state index is -0.970. The van der Waals surface area contributed by atoms with Gasteiger partial charge in [0.05, 0.1) is 12.1 Å². The Morgan fingerprint density at radius 3 is 2.31 bits per heavy atom. The molecule has 0 radical (unpaired) electrons. The van der Waals surface area contributed by atoms with Gasteiger partial charge in [-0.2, -0.15) is 0 Å². The summed E-state index contributed by atoms with van der Waals surface area (Å²) in [6.45, 7) is 11.5. The molecule has 3 aromatic rings. The molecule has 52 heavy (non-hydrogen) atoms. The summed E-state index contributed by atoms with van der Waals surface area (Å²) >= 11 is 0. The van der Waals surface area contributed by atoms with Crippen molar-refractivity contribution in [1.82, 2.24) is 20.1 Å². The van der Waals surface area contributed by atoms with E-state index in [0.29, 0.717) is 29.8 Å². The Balaban J connectivity index is 0.000000406. The van der Waals surface area contributed by atoms with E-state index in [1.807, 2.05) is 55.7 Å². The van der Waals surface area contributed by atoms with E-state index in [4.69, 9.17) is 11.5 Å². The van der Waals surface area contributed by atoms with Crippen molar-refractivity contribution in [2.75, 3.05) is 26.2 Å². The molecule has 3 atom stereocenters. The summed E-state index contributed by atoms with van der Waals surface area (Å²) < 4.78 is 30.7. The molecule has 4 rings (SSSR count). The van der Waals surface area contributed by atoms with Crippen LogP contribution in [0.15, 0.2) is 60.8 Å². The number of rotatable bonds is 16. The van der Waals surface area contributed by atoms with Crippen LogP contribution in [0.25, 0.3) is 11.1 Å². The van der Waals surface area contributed by atoms with Crippen molar-refractivity contribution >= 4 is 17.7 Å². The fraction of sp³-hybridized carbons (Fsp3) is 0.525. The van der Waals surface area contributed by atoms with Gasteiger partial charge in [-0.3, -0.25) is 14.4 Å². The predicted octanol–water partition coefficient (Wildman–Crippen LogP) is 5.27. The lowest BCUT2D eigenvalue weighted by Crippen LogP contribution is -2.46. The molecule has 0 saturated heterocycles. The van der Waals surface area contributed by atoms with E-state index in [0.717, 1.165) is 56.1 Å². The van der Waals surface area contributed by atoms with Gasteiger partial charge in [0.2, 0.25) is 17.7 Å². The summed E-state index contributed by atoms with van der Waals surface area (Å²) in [4.78, 5) is 37.6. The zero-order valence-electron chi connectivity index (χ0n) is 31.3. The molecule has 1 aliphatic rings. The molecule has 0 aliphatic heterocycles. The Morgan fingerprint density at radius 2 is 1.71 bits per heavy atom. The third-order valence-electron chi connectivity index (χ3n) is 9.53. The summed E-state index contributed by atoms with van der Waals surface area (Å²) in [6, 6.07) is 13.6. The number of nitrogens with zero attached hydrogens (tertiary/aromatic N) is 2. The normalized spacial score (nSPS) is 14.9. The standard InChI is InChI=1S/C28H34F2N4O3.C12H24N2O/c1-28(2,3)26(34(25(36)17-35)12-11-23(31)27(32)37)24-13-19(21-14-20(29)9-10-22(21)30)16-33(24)15-18-7-5-4-6-8-18;1-3-10(2)13-8-9-14-12(15)11-6-4-5-7-11/h4-10,13-14,16,23,26,35H,11-12,15,17,31H2,1-3H3,(H2,32,37);10-11,13H,3-9H2,1-2H3,(H,14,15). The number of benzene rings is 2. The van der Waals surface area contributed by atoms with Crippen LogP contribution in [0.4, 0.5) is 8.78 Å². The Kier molecular flexibility index (Phi) is 16.4. The molecule has 286 valence electrons. The zero-order valence-corrected chi connectivity index (χ0v) is 31.3. The first-order chi connectivity index (χ1) is 24.7. The van der Waals surface area contributed by atoms with Crippen molar-refractivity contribution in [3.8, 4) is 11.1 Å². The molecule has 0 bridgehead atoms. The molecular weight excluding hydrogens is 666 g/mol. The highest BCUT2D eigenvalue weighted by atomic mass is 19.1. The maximum Gasteiger partial charge on any atom is 0.248 e. The molecule has 1 saturated carbocycles. The molecule has 2 aromatic carbocycles. The van der Waals surface area contributed by atoms with Gasteiger partial charge in [-0.15, -0.1) is 0 Å². The molecular formula is C40H58F2N6O4. The van der Waals surface area contributed by atoms with Gasteiger partial charge in [-0.05, 0) is 67.9 Å². The lowest BCUT2D eigenvalue weighted by atomic mass is 9.82. The van der Waals surface area contributed by atoms with E-state index in [1.165, 1.54) is 17.7 Å². The van der Waals surface area contributed by atoms with Crippen molar-refractivity contribution in [2.45, 2.75) is 97.8 Å². The maximum atomic E-state index is 14.8. The minimum absolute atomic E-state index is 0.0611. The van der Waals surface area contributed by atoms with Crippen LogP contribution >= 0.6 is 0 Å². The lowest BCUT2D eigenvalue weighted by Gasteiger charge is -2.41. The van der Waals surface area contributed by atoms with Gasteiger partial charge in [0.15, 0.2) is 0 Å². The number of amides is 3. The van der Waals surface area contributed by atoms with Gasteiger partial charge in [-0.25, -0.2) is 8.78 Å². The van der Waals surface area contributed by atoms with E-state index in [1.54, 1.807) is 12.3 Å². The summed E-state index contributed by atoms with van der Waals surface area (Å²) in [5, 5.41) is 16.1. The number of aliphatic hydroxyl groups is 1. The van der Waals surface area contributed by atoms with E-state index in [-0.39, 0.29) is 24.4 Å². The monoisotopic (exact) mass is 724 g/mol. The topological polar surface area (TPSA) is 156 Å². The third-order valence-corrected chi connectivity index (χ3v) is 9.53. The fourth-order valence-electron chi connectivity index (χ4n) is 6.50. The number of carbonyl (C=O) groups is 3. The van der Waals surface area contributed by atoms with Crippen molar-refractivity contribution in [3.63, 3.8) is 0 Å². The van der Waals surface area contributed by atoms with Crippen LogP contribution in [0.3, 0.4) is 0 Å². The van der Waals surface area contributed by atoms with Crippen molar-refractivity contribution < 1.29 is 28.3 Å². The third kappa shape index (κ3) is 12.5. The van der Waals surface area contributed by atoms with E-state index < -0.39 is 47.6 Å². The molecule has 3 amide bonds.